The minimum absolute atomic E-state index is 0.262. The van der Waals surface area contributed by atoms with E-state index in [2.05, 4.69) is 57.2 Å². The Kier molecular flexibility index (Phi) is 2.22. The van der Waals surface area contributed by atoms with Gasteiger partial charge in [0.1, 0.15) is 0 Å². The first-order valence-corrected chi connectivity index (χ1v) is 5.34. The summed E-state index contributed by atoms with van der Waals surface area (Å²) in [6.07, 6.45) is 15.0. The van der Waals surface area contributed by atoms with Crippen LogP contribution in [0.2, 0.25) is 0 Å². The number of rotatable bonds is 1. The van der Waals surface area contributed by atoms with Crippen LogP contribution in [0.4, 0.5) is 0 Å². The topological polar surface area (TPSA) is 0 Å². The lowest BCUT2D eigenvalue weighted by atomic mass is 9.88. The van der Waals surface area contributed by atoms with Crippen LogP contribution < -0.4 is 0 Å². The van der Waals surface area contributed by atoms with Crippen LogP contribution in [0, 0.1) is 11.3 Å². The molecule has 0 fully saturated rings. The summed E-state index contributed by atoms with van der Waals surface area (Å²) >= 11 is 0. The van der Waals surface area contributed by atoms with E-state index in [9.17, 15) is 0 Å². The molecule has 0 heterocycles. The van der Waals surface area contributed by atoms with E-state index in [-0.39, 0.29) is 5.41 Å². The lowest BCUT2D eigenvalue weighted by Gasteiger charge is -2.16. The van der Waals surface area contributed by atoms with Crippen molar-refractivity contribution in [3.8, 4) is 0 Å². The number of hydrogen-bond donors (Lipinski definition) is 0. The molecule has 0 aliphatic heterocycles. The van der Waals surface area contributed by atoms with Gasteiger partial charge in [0.25, 0.3) is 0 Å². The first kappa shape index (κ1) is 9.51. The molecule has 2 aliphatic carbocycles. The van der Waals surface area contributed by atoms with Crippen molar-refractivity contribution in [1.29, 1.82) is 0 Å². The van der Waals surface area contributed by atoms with Gasteiger partial charge in [-0.05, 0) is 18.9 Å². The van der Waals surface area contributed by atoms with Crippen molar-refractivity contribution in [2.24, 2.45) is 11.3 Å². The van der Waals surface area contributed by atoms with E-state index >= 15 is 0 Å². The van der Waals surface area contributed by atoms with Gasteiger partial charge >= 0.3 is 0 Å². The molecule has 2 aliphatic rings. The molecule has 0 aromatic rings. The van der Waals surface area contributed by atoms with Crippen molar-refractivity contribution < 1.29 is 0 Å². The molecule has 0 spiro atoms. The van der Waals surface area contributed by atoms with Crippen LogP contribution in [0.3, 0.4) is 0 Å². The minimum atomic E-state index is 0.262. The van der Waals surface area contributed by atoms with Crippen molar-refractivity contribution >= 4 is 0 Å². The average Bonchev–Trinajstić information content (AvgIpc) is 2.46. The van der Waals surface area contributed by atoms with Crippen LogP contribution in [-0.2, 0) is 0 Å². The van der Waals surface area contributed by atoms with Crippen molar-refractivity contribution in [1.82, 2.24) is 0 Å². The van der Waals surface area contributed by atoms with E-state index < -0.39 is 0 Å². The fraction of sp³-hybridized carbons (Fsp3) is 0.429. The van der Waals surface area contributed by atoms with Crippen molar-refractivity contribution in [3.05, 3.63) is 47.6 Å². The van der Waals surface area contributed by atoms with Crippen LogP contribution in [0.5, 0.6) is 0 Å². The second-order valence-electron chi connectivity index (χ2n) is 4.95. The van der Waals surface area contributed by atoms with Gasteiger partial charge in [-0.2, -0.15) is 0 Å². The molecule has 1 atom stereocenters. The van der Waals surface area contributed by atoms with Gasteiger partial charge < -0.3 is 0 Å². The van der Waals surface area contributed by atoms with E-state index in [1.54, 1.807) is 0 Å². The first-order valence-electron chi connectivity index (χ1n) is 5.34. The molecule has 1 unspecified atom stereocenters. The van der Waals surface area contributed by atoms with Crippen LogP contribution in [0.25, 0.3) is 0 Å². The minimum Gasteiger partial charge on any atom is -0.0834 e. The normalized spacial score (nSPS) is 28.9. The van der Waals surface area contributed by atoms with E-state index in [0.717, 1.165) is 6.42 Å². The Morgan fingerprint density at radius 2 is 2.07 bits per heavy atom. The molecule has 74 valence electrons. The lowest BCUT2D eigenvalue weighted by Crippen LogP contribution is -2.03. The monoisotopic (exact) mass is 186 g/mol. The Labute approximate surface area is 86.7 Å². The lowest BCUT2D eigenvalue weighted by molar-refractivity contribution is 0.629. The predicted molar refractivity (Wildman–Crippen MR) is 62.0 cm³/mol. The SMILES string of the molecule is CC1=CC(C2=CC(C)(C)C=C2)CC=C1. The van der Waals surface area contributed by atoms with E-state index in [1.807, 2.05) is 0 Å². The molecule has 0 nitrogen and oxygen atoms in total. The molecule has 0 saturated carbocycles. The molecule has 0 aromatic carbocycles. The van der Waals surface area contributed by atoms with Crippen molar-refractivity contribution in [3.63, 3.8) is 0 Å². The molecule has 14 heavy (non-hydrogen) atoms. The second-order valence-corrected chi connectivity index (χ2v) is 4.95. The smallest absolute Gasteiger partial charge is 0.00553 e. The fourth-order valence-corrected chi connectivity index (χ4v) is 2.14. The van der Waals surface area contributed by atoms with Crippen molar-refractivity contribution in [2.75, 3.05) is 0 Å². The quantitative estimate of drug-likeness (QED) is 0.580. The third kappa shape index (κ3) is 1.89. The van der Waals surface area contributed by atoms with E-state index in [4.69, 9.17) is 0 Å². The highest BCUT2D eigenvalue weighted by Crippen LogP contribution is 2.35. The zero-order valence-electron chi connectivity index (χ0n) is 9.25. The summed E-state index contributed by atoms with van der Waals surface area (Å²) in [5, 5.41) is 0. The van der Waals surface area contributed by atoms with Gasteiger partial charge in [-0.25, -0.2) is 0 Å². The number of allylic oxidation sites excluding steroid dienone is 8. The van der Waals surface area contributed by atoms with Gasteiger partial charge in [0.2, 0.25) is 0 Å². The van der Waals surface area contributed by atoms with Crippen LogP contribution in [-0.4, -0.2) is 0 Å². The highest BCUT2D eigenvalue weighted by atomic mass is 14.3. The molecule has 2 rings (SSSR count). The zero-order valence-corrected chi connectivity index (χ0v) is 9.25. The second kappa shape index (κ2) is 3.27. The molecule has 0 amide bonds. The Morgan fingerprint density at radius 1 is 1.29 bits per heavy atom. The van der Waals surface area contributed by atoms with Crippen LogP contribution >= 0.6 is 0 Å². The van der Waals surface area contributed by atoms with Gasteiger partial charge in [0, 0.05) is 11.3 Å². The molecule has 0 aromatic heterocycles. The molecular formula is C14H18. The highest BCUT2D eigenvalue weighted by molar-refractivity contribution is 5.39. The van der Waals surface area contributed by atoms with Gasteiger partial charge in [-0.3, -0.25) is 0 Å². The van der Waals surface area contributed by atoms with E-state index in [1.165, 1.54) is 11.1 Å². The van der Waals surface area contributed by atoms with Gasteiger partial charge in [-0.15, -0.1) is 0 Å². The zero-order chi connectivity index (χ0) is 10.2. The maximum Gasteiger partial charge on any atom is 0.00553 e. The maximum atomic E-state index is 2.39. The molecule has 0 bridgehead atoms. The summed E-state index contributed by atoms with van der Waals surface area (Å²) in [6, 6.07) is 0. The number of hydrogen-bond acceptors (Lipinski definition) is 0. The molecule has 0 saturated heterocycles. The Bertz CT molecular complexity index is 348. The Hall–Kier alpha value is -1.04. The fourth-order valence-electron chi connectivity index (χ4n) is 2.14. The summed E-state index contributed by atoms with van der Waals surface area (Å²) in [5.74, 6) is 0.609. The maximum absolute atomic E-state index is 2.39. The standard InChI is InChI=1S/C14H18/c1-11-5-4-6-12(9-11)13-7-8-14(2,3)10-13/h4-5,7-10,12H,6H2,1-3H3. The molecule has 0 heteroatoms. The molecule has 0 radical (unpaired) electrons. The predicted octanol–water partition coefficient (Wildman–Crippen LogP) is 4.03. The van der Waals surface area contributed by atoms with Gasteiger partial charge in [0.05, 0.1) is 0 Å². The summed E-state index contributed by atoms with van der Waals surface area (Å²) in [7, 11) is 0. The Balaban J connectivity index is 2.20. The molecule has 0 N–H and O–H groups in total. The van der Waals surface area contributed by atoms with Gasteiger partial charge in [-0.1, -0.05) is 55.9 Å². The third-order valence-electron chi connectivity index (χ3n) is 2.91. The summed E-state index contributed by atoms with van der Waals surface area (Å²) in [4.78, 5) is 0. The van der Waals surface area contributed by atoms with Crippen LogP contribution in [0.15, 0.2) is 47.6 Å². The van der Waals surface area contributed by atoms with Crippen molar-refractivity contribution in [2.45, 2.75) is 27.2 Å². The van der Waals surface area contributed by atoms with E-state index in [0.29, 0.717) is 5.92 Å². The third-order valence-corrected chi connectivity index (χ3v) is 2.91. The highest BCUT2D eigenvalue weighted by Gasteiger charge is 2.21. The largest absolute Gasteiger partial charge is 0.0834 e. The van der Waals surface area contributed by atoms with Gasteiger partial charge in [0.15, 0.2) is 0 Å². The summed E-state index contributed by atoms with van der Waals surface area (Å²) in [5.41, 5.74) is 3.14. The average molecular weight is 186 g/mol. The molecular weight excluding hydrogens is 168 g/mol. The first-order chi connectivity index (χ1) is 6.57. The Morgan fingerprint density at radius 3 is 2.64 bits per heavy atom. The van der Waals surface area contributed by atoms with Crippen LogP contribution in [0.1, 0.15) is 27.2 Å². The summed E-state index contributed by atoms with van der Waals surface area (Å²) < 4.78 is 0. The summed E-state index contributed by atoms with van der Waals surface area (Å²) in [6.45, 7) is 6.69.